The highest BCUT2D eigenvalue weighted by atomic mass is 79.9. The molecule has 0 aliphatic heterocycles. The zero-order valence-electron chi connectivity index (χ0n) is 11.5. The van der Waals surface area contributed by atoms with Crippen molar-refractivity contribution < 1.29 is 9.53 Å². The Balaban J connectivity index is 1.91. The van der Waals surface area contributed by atoms with Crippen LogP contribution in [0.3, 0.4) is 0 Å². The molecule has 3 heteroatoms. The van der Waals surface area contributed by atoms with Crippen LogP contribution in [0.1, 0.15) is 47.2 Å². The molecule has 1 fully saturated rings. The molecule has 1 saturated carbocycles. The van der Waals surface area contributed by atoms with Gasteiger partial charge in [0.1, 0.15) is 0 Å². The van der Waals surface area contributed by atoms with E-state index in [9.17, 15) is 4.79 Å². The van der Waals surface area contributed by atoms with E-state index in [1.165, 1.54) is 11.1 Å². The van der Waals surface area contributed by atoms with Gasteiger partial charge in [0.05, 0.1) is 6.10 Å². The molecule has 0 bridgehead atoms. The first kappa shape index (κ1) is 13.3. The van der Waals surface area contributed by atoms with Gasteiger partial charge >= 0.3 is 0 Å². The Morgan fingerprint density at radius 3 is 2.63 bits per heavy atom. The lowest BCUT2D eigenvalue weighted by Gasteiger charge is -2.35. The normalized spacial score (nSPS) is 29.8. The van der Waals surface area contributed by atoms with Gasteiger partial charge in [-0.15, -0.1) is 0 Å². The van der Waals surface area contributed by atoms with Crippen LogP contribution in [0.15, 0.2) is 16.6 Å². The Bertz CT molecular complexity index is 528. The molecule has 0 aromatic heterocycles. The molecule has 0 atom stereocenters. The molecule has 2 aliphatic carbocycles. The molecule has 0 amide bonds. The molecule has 1 spiro atoms. The number of methoxy groups -OCH3 is 1. The fourth-order valence-corrected chi connectivity index (χ4v) is 3.96. The van der Waals surface area contributed by atoms with Crippen LogP contribution in [0.4, 0.5) is 0 Å². The first-order valence-corrected chi connectivity index (χ1v) is 7.72. The summed E-state index contributed by atoms with van der Waals surface area (Å²) >= 11 is 3.54. The van der Waals surface area contributed by atoms with Crippen molar-refractivity contribution in [3.63, 3.8) is 0 Å². The molecule has 0 saturated heterocycles. The van der Waals surface area contributed by atoms with E-state index in [1.807, 2.05) is 6.07 Å². The summed E-state index contributed by atoms with van der Waals surface area (Å²) < 4.78 is 6.47. The fourth-order valence-electron chi connectivity index (χ4n) is 3.61. The zero-order valence-corrected chi connectivity index (χ0v) is 13.0. The summed E-state index contributed by atoms with van der Waals surface area (Å²) in [5, 5.41) is 0. The minimum atomic E-state index is -0.134. The summed E-state index contributed by atoms with van der Waals surface area (Å²) in [6.07, 6.45) is 5.22. The lowest BCUT2D eigenvalue weighted by atomic mass is 9.70. The summed E-state index contributed by atoms with van der Waals surface area (Å²) in [4.78, 5) is 12.8. The maximum Gasteiger partial charge on any atom is 0.169 e. The molecule has 1 aromatic rings. The Morgan fingerprint density at radius 2 is 2.00 bits per heavy atom. The summed E-state index contributed by atoms with van der Waals surface area (Å²) in [7, 11) is 1.77. The van der Waals surface area contributed by atoms with Gasteiger partial charge in [0, 0.05) is 22.6 Å². The van der Waals surface area contributed by atoms with Crippen molar-refractivity contribution in [2.75, 3.05) is 7.11 Å². The average molecular weight is 323 g/mol. The van der Waals surface area contributed by atoms with Gasteiger partial charge in [0.25, 0.3) is 0 Å². The topological polar surface area (TPSA) is 26.3 Å². The van der Waals surface area contributed by atoms with Crippen molar-refractivity contribution in [3.05, 3.63) is 33.3 Å². The lowest BCUT2D eigenvalue weighted by molar-refractivity contribution is 0.0285. The minimum Gasteiger partial charge on any atom is -0.381 e. The van der Waals surface area contributed by atoms with Crippen molar-refractivity contribution >= 4 is 21.7 Å². The van der Waals surface area contributed by atoms with E-state index in [4.69, 9.17) is 4.74 Å². The highest BCUT2D eigenvalue weighted by Gasteiger charge is 2.47. The molecule has 0 unspecified atom stereocenters. The third kappa shape index (κ3) is 2.07. The molecule has 2 nitrogen and oxygen atoms in total. The van der Waals surface area contributed by atoms with Crippen molar-refractivity contribution in [3.8, 4) is 0 Å². The van der Waals surface area contributed by atoms with Crippen LogP contribution in [-0.4, -0.2) is 19.0 Å². The molecule has 3 rings (SSSR count). The number of hydrogen-bond donors (Lipinski definition) is 0. The summed E-state index contributed by atoms with van der Waals surface area (Å²) in [5.74, 6) is 0.359. The van der Waals surface area contributed by atoms with E-state index in [1.54, 1.807) is 7.11 Å². The SMILES string of the molecule is COC1CCC2(CC1)Cc1cc(C)c(Br)cc1C2=O. The Morgan fingerprint density at radius 1 is 1.32 bits per heavy atom. The molecule has 1 aromatic carbocycles. The summed E-state index contributed by atoms with van der Waals surface area (Å²) in [6.45, 7) is 2.08. The summed E-state index contributed by atoms with van der Waals surface area (Å²) in [6, 6.07) is 4.19. The number of ketones is 1. The van der Waals surface area contributed by atoms with Gasteiger partial charge in [-0.2, -0.15) is 0 Å². The number of fused-ring (bicyclic) bond motifs is 1. The minimum absolute atomic E-state index is 0.134. The van der Waals surface area contributed by atoms with E-state index >= 15 is 0 Å². The van der Waals surface area contributed by atoms with Crippen LogP contribution in [0.5, 0.6) is 0 Å². The van der Waals surface area contributed by atoms with Gasteiger partial charge in [0.2, 0.25) is 0 Å². The number of carbonyl (C=O) groups is 1. The Hall–Kier alpha value is -0.670. The number of rotatable bonds is 1. The maximum absolute atomic E-state index is 12.8. The first-order chi connectivity index (χ1) is 9.05. The molecule has 0 N–H and O–H groups in total. The fraction of sp³-hybridized carbons (Fsp3) is 0.562. The van der Waals surface area contributed by atoms with Gasteiger partial charge in [-0.3, -0.25) is 4.79 Å². The van der Waals surface area contributed by atoms with Gasteiger partial charge in [-0.05, 0) is 56.2 Å². The Labute approximate surface area is 122 Å². The average Bonchev–Trinajstić information content (AvgIpc) is 2.65. The van der Waals surface area contributed by atoms with Crippen LogP contribution in [0.2, 0.25) is 0 Å². The second kappa shape index (κ2) is 4.71. The third-order valence-electron chi connectivity index (χ3n) is 4.86. The van der Waals surface area contributed by atoms with Gasteiger partial charge < -0.3 is 4.74 Å². The largest absolute Gasteiger partial charge is 0.381 e. The van der Waals surface area contributed by atoms with E-state index in [0.717, 1.165) is 42.1 Å². The highest BCUT2D eigenvalue weighted by Crippen LogP contribution is 2.48. The van der Waals surface area contributed by atoms with Gasteiger partial charge in [-0.25, -0.2) is 0 Å². The van der Waals surface area contributed by atoms with E-state index < -0.39 is 0 Å². The van der Waals surface area contributed by atoms with Gasteiger partial charge in [0.15, 0.2) is 5.78 Å². The predicted octanol–water partition coefficient (Wildman–Crippen LogP) is 4.07. The van der Waals surface area contributed by atoms with Crippen LogP contribution < -0.4 is 0 Å². The lowest BCUT2D eigenvalue weighted by Crippen LogP contribution is -2.35. The number of halogens is 1. The highest BCUT2D eigenvalue weighted by molar-refractivity contribution is 9.10. The maximum atomic E-state index is 12.8. The van der Waals surface area contributed by atoms with E-state index in [2.05, 4.69) is 28.9 Å². The van der Waals surface area contributed by atoms with Crippen LogP contribution in [0.25, 0.3) is 0 Å². The molecule has 0 heterocycles. The molecule has 0 radical (unpaired) electrons. The smallest absolute Gasteiger partial charge is 0.169 e. The first-order valence-electron chi connectivity index (χ1n) is 6.92. The molecule has 102 valence electrons. The number of benzene rings is 1. The molecular weight excluding hydrogens is 304 g/mol. The van der Waals surface area contributed by atoms with Crippen molar-refractivity contribution in [2.24, 2.45) is 5.41 Å². The van der Waals surface area contributed by atoms with Gasteiger partial charge in [-0.1, -0.05) is 22.0 Å². The number of ether oxygens (including phenoxy) is 1. The monoisotopic (exact) mass is 322 g/mol. The van der Waals surface area contributed by atoms with Crippen molar-refractivity contribution in [2.45, 2.75) is 45.1 Å². The Kier molecular flexibility index (Phi) is 3.30. The van der Waals surface area contributed by atoms with Crippen molar-refractivity contribution in [1.29, 1.82) is 0 Å². The van der Waals surface area contributed by atoms with E-state index in [-0.39, 0.29) is 5.41 Å². The third-order valence-corrected chi connectivity index (χ3v) is 5.72. The summed E-state index contributed by atoms with van der Waals surface area (Å²) in [5.41, 5.74) is 3.26. The van der Waals surface area contributed by atoms with Crippen LogP contribution >= 0.6 is 15.9 Å². The number of hydrogen-bond acceptors (Lipinski definition) is 2. The number of aryl methyl sites for hydroxylation is 1. The standard InChI is InChI=1S/C16H19BrO2/c1-10-7-11-9-16(5-3-12(19-2)4-6-16)15(18)13(11)8-14(10)17/h7-8,12H,3-6,9H2,1-2H3. The van der Waals surface area contributed by atoms with Crippen LogP contribution in [-0.2, 0) is 11.2 Å². The molecule has 2 aliphatic rings. The number of carbonyl (C=O) groups excluding carboxylic acids is 1. The van der Waals surface area contributed by atoms with E-state index in [0.29, 0.717) is 11.9 Å². The zero-order chi connectivity index (χ0) is 13.6. The predicted molar refractivity (Wildman–Crippen MR) is 78.6 cm³/mol. The molecule has 19 heavy (non-hydrogen) atoms. The molecular formula is C16H19BrO2. The second-order valence-electron chi connectivity index (χ2n) is 5.98. The quantitative estimate of drug-likeness (QED) is 0.779. The second-order valence-corrected chi connectivity index (χ2v) is 6.83. The number of Topliss-reactive ketones (excluding diaryl/α,β-unsaturated/α-hetero) is 1. The van der Waals surface area contributed by atoms with Crippen LogP contribution in [0, 0.1) is 12.3 Å². The van der Waals surface area contributed by atoms with Crippen molar-refractivity contribution in [1.82, 2.24) is 0 Å².